The molecule has 150 valence electrons. The van der Waals surface area contributed by atoms with Crippen LogP contribution in [0.2, 0.25) is 5.02 Å². The summed E-state index contributed by atoms with van der Waals surface area (Å²) in [6.45, 7) is 0. The molecule has 0 aliphatic carbocycles. The van der Waals surface area contributed by atoms with E-state index in [1.54, 1.807) is 23.3 Å². The van der Waals surface area contributed by atoms with E-state index in [9.17, 15) is 4.79 Å². The normalized spacial score (nSPS) is 10.6. The van der Waals surface area contributed by atoms with Gasteiger partial charge in [-0.3, -0.25) is 15.2 Å². The SMILES string of the molecule is O=C(CCc1ncc(-c2ccc(Cl)cc2)o1)NN(c1ccccc1)c1ccccc1. The first-order valence-electron chi connectivity index (χ1n) is 9.59. The van der Waals surface area contributed by atoms with Gasteiger partial charge in [-0.2, -0.15) is 0 Å². The lowest BCUT2D eigenvalue weighted by Crippen LogP contribution is -2.39. The summed E-state index contributed by atoms with van der Waals surface area (Å²) in [6, 6.07) is 26.7. The number of carbonyl (C=O) groups excluding carboxylic acids is 1. The molecule has 0 saturated carbocycles. The highest BCUT2D eigenvalue weighted by Gasteiger charge is 2.14. The zero-order valence-corrected chi connectivity index (χ0v) is 16.9. The van der Waals surface area contributed by atoms with Crippen molar-refractivity contribution in [1.82, 2.24) is 10.4 Å². The summed E-state index contributed by atoms with van der Waals surface area (Å²) < 4.78 is 5.79. The van der Waals surface area contributed by atoms with Crippen LogP contribution in [-0.4, -0.2) is 10.9 Å². The average Bonchev–Trinajstić information content (AvgIpc) is 3.27. The molecular weight excluding hydrogens is 398 g/mol. The number of nitrogens with zero attached hydrogens (tertiary/aromatic N) is 2. The number of aryl methyl sites for hydroxylation is 1. The lowest BCUT2D eigenvalue weighted by Gasteiger charge is -2.25. The van der Waals surface area contributed by atoms with E-state index in [0.717, 1.165) is 16.9 Å². The number of halogens is 1. The molecule has 1 N–H and O–H groups in total. The minimum Gasteiger partial charge on any atom is -0.441 e. The lowest BCUT2D eigenvalue weighted by atomic mass is 10.2. The molecule has 6 heteroatoms. The summed E-state index contributed by atoms with van der Waals surface area (Å²) in [5, 5.41) is 2.44. The summed E-state index contributed by atoms with van der Waals surface area (Å²) in [5.74, 6) is 1.03. The molecule has 0 fully saturated rings. The fourth-order valence-corrected chi connectivity index (χ4v) is 3.13. The number of hydrazine groups is 1. The van der Waals surface area contributed by atoms with Gasteiger partial charge in [-0.25, -0.2) is 4.98 Å². The Morgan fingerprint density at radius 2 is 1.50 bits per heavy atom. The Morgan fingerprint density at radius 1 is 0.900 bits per heavy atom. The van der Waals surface area contributed by atoms with E-state index < -0.39 is 0 Å². The Bertz CT molecular complexity index is 1060. The second kappa shape index (κ2) is 9.29. The molecule has 4 rings (SSSR count). The van der Waals surface area contributed by atoms with Crippen LogP contribution in [0.4, 0.5) is 11.4 Å². The van der Waals surface area contributed by atoms with Crippen molar-refractivity contribution in [2.45, 2.75) is 12.8 Å². The van der Waals surface area contributed by atoms with E-state index in [2.05, 4.69) is 10.4 Å². The first-order chi connectivity index (χ1) is 14.7. The van der Waals surface area contributed by atoms with Crippen molar-refractivity contribution >= 4 is 28.9 Å². The molecule has 5 nitrogen and oxygen atoms in total. The van der Waals surface area contributed by atoms with Crippen LogP contribution >= 0.6 is 11.6 Å². The van der Waals surface area contributed by atoms with E-state index in [1.807, 2.05) is 72.8 Å². The number of rotatable bonds is 7. The molecule has 0 spiro atoms. The van der Waals surface area contributed by atoms with Gasteiger partial charge in [-0.15, -0.1) is 0 Å². The molecule has 30 heavy (non-hydrogen) atoms. The molecule has 3 aromatic carbocycles. The topological polar surface area (TPSA) is 58.4 Å². The molecule has 0 aliphatic heterocycles. The van der Waals surface area contributed by atoms with E-state index in [4.69, 9.17) is 16.0 Å². The highest BCUT2D eigenvalue weighted by molar-refractivity contribution is 6.30. The van der Waals surface area contributed by atoms with Crippen LogP contribution in [0.1, 0.15) is 12.3 Å². The molecule has 0 saturated heterocycles. The van der Waals surface area contributed by atoms with Gasteiger partial charge in [0.05, 0.1) is 17.6 Å². The smallest absolute Gasteiger partial charge is 0.239 e. The Hall–Kier alpha value is -3.57. The largest absolute Gasteiger partial charge is 0.441 e. The molecule has 0 atom stereocenters. The highest BCUT2D eigenvalue weighted by Crippen LogP contribution is 2.24. The van der Waals surface area contributed by atoms with Crippen LogP contribution in [0, 0.1) is 0 Å². The van der Waals surface area contributed by atoms with E-state index >= 15 is 0 Å². The maximum atomic E-state index is 12.7. The number of aromatic nitrogens is 1. The number of amides is 1. The molecule has 0 bridgehead atoms. The minimum absolute atomic E-state index is 0.131. The number of oxazole rings is 1. The van der Waals surface area contributed by atoms with Crippen molar-refractivity contribution < 1.29 is 9.21 Å². The van der Waals surface area contributed by atoms with Gasteiger partial charge >= 0.3 is 0 Å². The fourth-order valence-electron chi connectivity index (χ4n) is 3.01. The summed E-state index contributed by atoms with van der Waals surface area (Å²) >= 11 is 5.92. The summed E-state index contributed by atoms with van der Waals surface area (Å²) in [4.78, 5) is 16.9. The quantitative estimate of drug-likeness (QED) is 0.386. The maximum Gasteiger partial charge on any atom is 0.239 e. The molecular formula is C24H20ClN3O2. The molecule has 0 unspecified atom stereocenters. The zero-order valence-electron chi connectivity index (χ0n) is 16.2. The van der Waals surface area contributed by atoms with Crippen LogP contribution in [0.15, 0.2) is 95.5 Å². The van der Waals surface area contributed by atoms with E-state index in [0.29, 0.717) is 23.1 Å². The third-order valence-electron chi connectivity index (χ3n) is 4.51. The molecule has 0 radical (unpaired) electrons. The minimum atomic E-state index is -0.131. The number of hydrogen-bond acceptors (Lipinski definition) is 4. The maximum absolute atomic E-state index is 12.7. The third kappa shape index (κ3) is 4.88. The van der Waals surface area contributed by atoms with Crippen LogP contribution in [0.25, 0.3) is 11.3 Å². The van der Waals surface area contributed by atoms with Crippen LogP contribution in [0.3, 0.4) is 0 Å². The van der Waals surface area contributed by atoms with Crippen molar-refractivity contribution in [3.8, 4) is 11.3 Å². The summed E-state index contributed by atoms with van der Waals surface area (Å²) in [5.41, 5.74) is 5.61. The van der Waals surface area contributed by atoms with Gasteiger partial charge in [0.1, 0.15) is 0 Å². The molecule has 0 aliphatic rings. The number of hydrogen-bond donors (Lipinski definition) is 1. The Labute approximate surface area is 179 Å². The van der Waals surface area contributed by atoms with Gasteiger partial charge in [-0.05, 0) is 48.5 Å². The Kier molecular flexibility index (Phi) is 6.11. The van der Waals surface area contributed by atoms with Crippen molar-refractivity contribution in [2.75, 3.05) is 5.01 Å². The lowest BCUT2D eigenvalue weighted by molar-refractivity contribution is -0.121. The van der Waals surface area contributed by atoms with Crippen molar-refractivity contribution in [1.29, 1.82) is 0 Å². The van der Waals surface area contributed by atoms with Gasteiger partial charge in [0.25, 0.3) is 0 Å². The van der Waals surface area contributed by atoms with E-state index in [1.165, 1.54) is 0 Å². The van der Waals surface area contributed by atoms with Gasteiger partial charge in [0.15, 0.2) is 11.7 Å². The predicted molar refractivity (Wildman–Crippen MR) is 118 cm³/mol. The second-order valence-electron chi connectivity index (χ2n) is 6.67. The van der Waals surface area contributed by atoms with Gasteiger partial charge in [0.2, 0.25) is 5.91 Å². The van der Waals surface area contributed by atoms with Crippen molar-refractivity contribution in [3.63, 3.8) is 0 Å². The number of anilines is 2. The van der Waals surface area contributed by atoms with Crippen molar-refractivity contribution in [3.05, 3.63) is 102 Å². The molecule has 1 amide bonds. The number of para-hydroxylation sites is 2. The molecule has 1 aromatic heterocycles. The van der Waals surface area contributed by atoms with Crippen molar-refractivity contribution in [2.24, 2.45) is 0 Å². The van der Waals surface area contributed by atoms with E-state index in [-0.39, 0.29) is 12.3 Å². The first kappa shape index (κ1) is 19.7. The van der Waals surface area contributed by atoms with Gasteiger partial charge in [0, 0.05) is 23.4 Å². The molecule has 4 aromatic rings. The van der Waals surface area contributed by atoms with Crippen LogP contribution < -0.4 is 10.4 Å². The average molecular weight is 418 g/mol. The van der Waals surface area contributed by atoms with Gasteiger partial charge in [-0.1, -0.05) is 48.0 Å². The Balaban J connectivity index is 1.41. The van der Waals surface area contributed by atoms with Crippen LogP contribution in [-0.2, 0) is 11.2 Å². The number of benzene rings is 3. The summed E-state index contributed by atoms with van der Waals surface area (Å²) in [6.07, 6.45) is 2.31. The predicted octanol–water partition coefficient (Wildman–Crippen LogP) is 5.80. The fraction of sp³-hybridized carbons (Fsp3) is 0.0833. The zero-order chi connectivity index (χ0) is 20.8. The Morgan fingerprint density at radius 3 is 2.10 bits per heavy atom. The van der Waals surface area contributed by atoms with Gasteiger partial charge < -0.3 is 4.42 Å². The monoisotopic (exact) mass is 417 g/mol. The highest BCUT2D eigenvalue weighted by atomic mass is 35.5. The third-order valence-corrected chi connectivity index (χ3v) is 4.77. The first-order valence-corrected chi connectivity index (χ1v) is 9.97. The van der Waals surface area contributed by atoms with Crippen LogP contribution in [0.5, 0.6) is 0 Å². The standard InChI is InChI=1S/C24H20ClN3O2/c25-19-13-11-18(12-14-19)22-17-26-24(30-22)16-15-23(29)27-28(20-7-3-1-4-8-20)21-9-5-2-6-10-21/h1-14,17H,15-16H2,(H,27,29). The summed E-state index contributed by atoms with van der Waals surface area (Å²) in [7, 11) is 0. The second-order valence-corrected chi connectivity index (χ2v) is 7.10. The number of carbonyl (C=O) groups is 1. The number of nitrogens with one attached hydrogen (secondary N) is 1. The molecule has 1 heterocycles.